The van der Waals surface area contributed by atoms with Crippen LogP contribution >= 0.6 is 0 Å². The van der Waals surface area contributed by atoms with Gasteiger partial charge in [-0.3, -0.25) is 0 Å². The Labute approximate surface area is 104 Å². The number of hydrogen-bond acceptors (Lipinski definition) is 3. The van der Waals surface area contributed by atoms with Crippen molar-refractivity contribution in [1.82, 2.24) is 0 Å². The van der Waals surface area contributed by atoms with Gasteiger partial charge < -0.3 is 9.47 Å². The number of carbonyl (C=O) groups is 1. The molecule has 2 atom stereocenters. The van der Waals surface area contributed by atoms with Crippen molar-refractivity contribution in [3.05, 3.63) is 12.2 Å². The summed E-state index contributed by atoms with van der Waals surface area (Å²) in [6, 6.07) is 0. The quantitative estimate of drug-likeness (QED) is 0.541. The zero-order chi connectivity index (χ0) is 13.8. The number of hydrogen-bond donors (Lipinski definition) is 0. The van der Waals surface area contributed by atoms with Gasteiger partial charge in [0.1, 0.15) is 0 Å². The molecule has 0 bridgehead atoms. The van der Waals surface area contributed by atoms with Crippen molar-refractivity contribution in [2.45, 2.75) is 38.5 Å². The van der Waals surface area contributed by atoms with Gasteiger partial charge in [-0.05, 0) is 19.3 Å². The lowest BCUT2D eigenvalue weighted by atomic mass is 9.98. The summed E-state index contributed by atoms with van der Waals surface area (Å²) in [5.41, 5.74) is 0.0521. The lowest BCUT2D eigenvalue weighted by Gasteiger charge is -2.27. The number of alkyl halides is 3. The maximum atomic E-state index is 12.6. The number of ether oxygens (including phenoxy) is 2. The number of cyclic esters (lactones) is 1. The Kier molecular flexibility index (Phi) is 5.19. The Hall–Kier alpha value is -1.04. The van der Waals surface area contributed by atoms with Gasteiger partial charge in [-0.2, -0.15) is 13.2 Å². The van der Waals surface area contributed by atoms with Crippen molar-refractivity contribution in [1.29, 1.82) is 0 Å². The summed E-state index contributed by atoms with van der Waals surface area (Å²) >= 11 is 0. The highest BCUT2D eigenvalue weighted by Crippen LogP contribution is 2.32. The van der Waals surface area contributed by atoms with Crippen LogP contribution < -0.4 is 0 Å². The summed E-state index contributed by atoms with van der Waals surface area (Å²) in [6.07, 6.45) is -3.87. The van der Waals surface area contributed by atoms with Gasteiger partial charge in [0.15, 0.2) is 0 Å². The third-order valence-electron chi connectivity index (χ3n) is 2.95. The second-order valence-corrected chi connectivity index (χ2v) is 4.41. The molecule has 0 spiro atoms. The van der Waals surface area contributed by atoms with E-state index in [-0.39, 0.29) is 18.8 Å². The maximum absolute atomic E-state index is 12.6. The van der Waals surface area contributed by atoms with Crippen LogP contribution in [-0.2, 0) is 14.3 Å². The normalized spacial score (nSPS) is 25.4. The first kappa shape index (κ1) is 15.0. The van der Waals surface area contributed by atoms with Crippen LogP contribution in [0.3, 0.4) is 0 Å². The molecular weight excluding hydrogens is 249 g/mol. The van der Waals surface area contributed by atoms with Crippen molar-refractivity contribution in [2.75, 3.05) is 13.2 Å². The monoisotopic (exact) mass is 266 g/mol. The average molecular weight is 266 g/mol. The van der Waals surface area contributed by atoms with Gasteiger partial charge in [-0.1, -0.05) is 13.5 Å². The molecule has 6 heteroatoms. The van der Waals surface area contributed by atoms with Crippen molar-refractivity contribution in [3.8, 4) is 0 Å². The predicted molar refractivity (Wildman–Crippen MR) is 58.9 cm³/mol. The van der Waals surface area contributed by atoms with E-state index in [0.29, 0.717) is 19.3 Å². The molecule has 1 fully saturated rings. The van der Waals surface area contributed by atoms with E-state index in [2.05, 4.69) is 6.58 Å². The molecule has 1 aliphatic heterocycles. The van der Waals surface area contributed by atoms with Crippen molar-refractivity contribution in [2.24, 2.45) is 5.92 Å². The highest BCUT2D eigenvalue weighted by atomic mass is 19.4. The summed E-state index contributed by atoms with van der Waals surface area (Å²) in [7, 11) is 0. The van der Waals surface area contributed by atoms with Crippen LogP contribution in [0.25, 0.3) is 0 Å². The van der Waals surface area contributed by atoms with Crippen LogP contribution in [0.2, 0.25) is 0 Å². The standard InChI is InChI=1S/C12H17F3O3/c1-8-7-18-10(9(2)12(13,14)15)5-3-4-6-17-11(8)16/h9-10H,1,3-7H2,2H3. The first-order chi connectivity index (χ1) is 8.32. The first-order valence-electron chi connectivity index (χ1n) is 5.85. The van der Waals surface area contributed by atoms with E-state index >= 15 is 0 Å². The molecule has 1 heterocycles. The van der Waals surface area contributed by atoms with Crippen molar-refractivity contribution in [3.63, 3.8) is 0 Å². The molecule has 0 amide bonds. The molecular formula is C12H17F3O3. The number of halogens is 3. The van der Waals surface area contributed by atoms with E-state index in [1.165, 1.54) is 0 Å². The Morgan fingerprint density at radius 3 is 2.67 bits per heavy atom. The topological polar surface area (TPSA) is 35.5 Å². The highest BCUT2D eigenvalue weighted by molar-refractivity contribution is 5.87. The molecule has 0 aromatic rings. The van der Waals surface area contributed by atoms with Crippen molar-refractivity contribution < 1.29 is 27.4 Å². The van der Waals surface area contributed by atoms with E-state index in [1.807, 2.05) is 0 Å². The fourth-order valence-electron chi connectivity index (χ4n) is 1.67. The van der Waals surface area contributed by atoms with Gasteiger partial charge in [-0.15, -0.1) is 0 Å². The number of carbonyl (C=O) groups excluding carboxylic acids is 1. The molecule has 1 saturated heterocycles. The molecule has 1 aliphatic rings. The first-order valence-corrected chi connectivity index (χ1v) is 5.85. The second kappa shape index (κ2) is 6.22. The zero-order valence-corrected chi connectivity index (χ0v) is 10.3. The minimum atomic E-state index is -4.30. The van der Waals surface area contributed by atoms with Crippen LogP contribution in [0.5, 0.6) is 0 Å². The second-order valence-electron chi connectivity index (χ2n) is 4.41. The number of rotatable bonds is 1. The van der Waals surface area contributed by atoms with Gasteiger partial charge in [0.05, 0.1) is 30.8 Å². The molecule has 1 rings (SSSR count). The molecule has 0 aromatic carbocycles. The van der Waals surface area contributed by atoms with E-state index in [9.17, 15) is 18.0 Å². The summed E-state index contributed by atoms with van der Waals surface area (Å²) in [5.74, 6) is -2.16. The minimum absolute atomic E-state index is 0.0521. The van der Waals surface area contributed by atoms with Crippen LogP contribution in [-0.4, -0.2) is 31.5 Å². The Bertz CT molecular complexity index is 312. The smallest absolute Gasteiger partial charge is 0.394 e. The third kappa shape index (κ3) is 4.33. The van der Waals surface area contributed by atoms with E-state index in [0.717, 1.165) is 6.92 Å². The molecule has 0 saturated carbocycles. The summed E-state index contributed by atoms with van der Waals surface area (Å²) in [5, 5.41) is 0. The number of esters is 1. The Morgan fingerprint density at radius 1 is 1.39 bits per heavy atom. The largest absolute Gasteiger partial charge is 0.462 e. The molecule has 3 nitrogen and oxygen atoms in total. The van der Waals surface area contributed by atoms with Crippen LogP contribution in [0, 0.1) is 5.92 Å². The van der Waals surface area contributed by atoms with Crippen LogP contribution in [0.15, 0.2) is 12.2 Å². The van der Waals surface area contributed by atoms with Crippen molar-refractivity contribution >= 4 is 5.97 Å². The lowest BCUT2D eigenvalue weighted by Crippen LogP contribution is -2.35. The van der Waals surface area contributed by atoms with Crippen LogP contribution in [0.1, 0.15) is 26.2 Å². The minimum Gasteiger partial charge on any atom is -0.462 e. The highest BCUT2D eigenvalue weighted by Gasteiger charge is 2.41. The zero-order valence-electron chi connectivity index (χ0n) is 10.3. The predicted octanol–water partition coefficient (Wildman–Crippen LogP) is 2.85. The Balaban J connectivity index is 2.67. The van der Waals surface area contributed by atoms with Crippen LogP contribution in [0.4, 0.5) is 13.2 Å². The molecule has 0 aliphatic carbocycles. The van der Waals surface area contributed by atoms with Gasteiger partial charge in [0, 0.05) is 0 Å². The molecule has 0 N–H and O–H groups in total. The van der Waals surface area contributed by atoms with E-state index in [4.69, 9.17) is 9.47 Å². The van der Waals surface area contributed by atoms with E-state index < -0.39 is 24.2 Å². The SMILES string of the molecule is C=C1COC(C(C)C(F)(F)F)CCCCOC1=O. The van der Waals surface area contributed by atoms with E-state index in [1.54, 1.807) is 0 Å². The molecule has 104 valence electrons. The summed E-state index contributed by atoms with van der Waals surface area (Å²) < 4.78 is 47.9. The van der Waals surface area contributed by atoms with Gasteiger partial charge in [0.25, 0.3) is 0 Å². The summed E-state index contributed by atoms with van der Waals surface area (Å²) in [4.78, 5) is 11.3. The fraction of sp³-hybridized carbons (Fsp3) is 0.750. The molecule has 18 heavy (non-hydrogen) atoms. The lowest BCUT2D eigenvalue weighted by molar-refractivity contribution is -0.202. The molecule has 2 unspecified atom stereocenters. The molecule has 0 radical (unpaired) electrons. The fourth-order valence-corrected chi connectivity index (χ4v) is 1.67. The third-order valence-corrected chi connectivity index (χ3v) is 2.95. The van der Waals surface area contributed by atoms with Gasteiger partial charge in [-0.25, -0.2) is 4.79 Å². The summed E-state index contributed by atoms with van der Waals surface area (Å²) in [6.45, 7) is 4.53. The maximum Gasteiger partial charge on any atom is 0.394 e. The Morgan fingerprint density at radius 2 is 2.06 bits per heavy atom. The van der Waals surface area contributed by atoms with Gasteiger partial charge in [0.2, 0.25) is 0 Å². The molecule has 0 aromatic heterocycles. The average Bonchev–Trinajstić information content (AvgIpc) is 2.29. The van der Waals surface area contributed by atoms with Gasteiger partial charge >= 0.3 is 12.1 Å².